The highest BCUT2D eigenvalue weighted by Crippen LogP contribution is 2.26. The molecular formula is C13H14N2O3. The largest absolute Gasteiger partial charge is 0.367 e. The second kappa shape index (κ2) is 5.00. The van der Waals surface area contributed by atoms with Crippen LogP contribution in [0.1, 0.15) is 23.7 Å². The summed E-state index contributed by atoms with van der Waals surface area (Å²) >= 11 is 0. The van der Waals surface area contributed by atoms with Crippen molar-refractivity contribution >= 4 is 17.7 Å². The number of non-ortho nitro benzene ring substituents is 1. The fourth-order valence-corrected chi connectivity index (χ4v) is 2.03. The summed E-state index contributed by atoms with van der Waals surface area (Å²) in [5.74, 6) is 0. The van der Waals surface area contributed by atoms with Crippen LogP contribution in [0.5, 0.6) is 0 Å². The fraction of sp³-hybridized carbons (Fsp3) is 0.308. The topological polar surface area (TPSA) is 63.4 Å². The molecule has 0 bridgehead atoms. The van der Waals surface area contributed by atoms with Gasteiger partial charge < -0.3 is 4.90 Å². The Kier molecular flexibility index (Phi) is 3.41. The monoisotopic (exact) mass is 246 g/mol. The van der Waals surface area contributed by atoms with Crippen molar-refractivity contribution in [1.29, 1.82) is 0 Å². The molecule has 0 radical (unpaired) electrons. The van der Waals surface area contributed by atoms with Gasteiger partial charge in [-0.2, -0.15) is 0 Å². The zero-order valence-electron chi connectivity index (χ0n) is 10.1. The minimum atomic E-state index is -0.489. The van der Waals surface area contributed by atoms with E-state index < -0.39 is 4.92 Å². The second-order valence-electron chi connectivity index (χ2n) is 4.36. The van der Waals surface area contributed by atoms with Gasteiger partial charge in [0.2, 0.25) is 0 Å². The van der Waals surface area contributed by atoms with Gasteiger partial charge in [0, 0.05) is 36.5 Å². The number of rotatable bonds is 3. The predicted octanol–water partition coefficient (Wildman–Crippen LogP) is 2.56. The van der Waals surface area contributed by atoms with Gasteiger partial charge in [-0.05, 0) is 19.4 Å². The molecule has 1 aliphatic rings. The molecule has 0 amide bonds. The summed E-state index contributed by atoms with van der Waals surface area (Å²) in [4.78, 5) is 23.3. The summed E-state index contributed by atoms with van der Waals surface area (Å²) in [5, 5.41) is 10.7. The molecule has 0 aromatic heterocycles. The van der Waals surface area contributed by atoms with Crippen LogP contribution in [-0.2, 0) is 0 Å². The van der Waals surface area contributed by atoms with E-state index in [4.69, 9.17) is 0 Å². The van der Waals surface area contributed by atoms with Crippen molar-refractivity contribution in [3.05, 3.63) is 45.5 Å². The van der Waals surface area contributed by atoms with E-state index in [0.29, 0.717) is 11.8 Å². The van der Waals surface area contributed by atoms with Crippen LogP contribution in [0.3, 0.4) is 0 Å². The molecule has 94 valence electrons. The van der Waals surface area contributed by atoms with Crippen LogP contribution in [0, 0.1) is 10.1 Å². The van der Waals surface area contributed by atoms with Gasteiger partial charge in [0.1, 0.15) is 0 Å². The van der Waals surface area contributed by atoms with Gasteiger partial charge in [-0.15, -0.1) is 0 Å². The Labute approximate surface area is 105 Å². The van der Waals surface area contributed by atoms with Crippen LogP contribution in [0.15, 0.2) is 29.8 Å². The SMILES string of the molecule is CC1=CCN(c2ccc([N+](=O)[O-])cc2C=O)CC1. The summed E-state index contributed by atoms with van der Waals surface area (Å²) in [6.07, 6.45) is 3.74. The summed E-state index contributed by atoms with van der Waals surface area (Å²) in [7, 11) is 0. The molecular weight excluding hydrogens is 232 g/mol. The van der Waals surface area contributed by atoms with E-state index in [-0.39, 0.29) is 5.69 Å². The zero-order chi connectivity index (χ0) is 13.1. The molecule has 0 saturated heterocycles. The van der Waals surface area contributed by atoms with Crippen molar-refractivity contribution in [3.63, 3.8) is 0 Å². The maximum Gasteiger partial charge on any atom is 0.270 e. The zero-order valence-corrected chi connectivity index (χ0v) is 10.1. The van der Waals surface area contributed by atoms with Gasteiger partial charge in [-0.25, -0.2) is 0 Å². The van der Waals surface area contributed by atoms with Crippen molar-refractivity contribution in [1.82, 2.24) is 0 Å². The molecule has 1 heterocycles. The van der Waals surface area contributed by atoms with Gasteiger partial charge in [0.25, 0.3) is 5.69 Å². The quantitative estimate of drug-likeness (QED) is 0.356. The third kappa shape index (κ3) is 2.40. The van der Waals surface area contributed by atoms with E-state index in [0.717, 1.165) is 25.2 Å². The summed E-state index contributed by atoms with van der Waals surface area (Å²) in [6.45, 7) is 3.65. The van der Waals surface area contributed by atoms with Gasteiger partial charge in [0.05, 0.1) is 4.92 Å². The standard InChI is InChI=1S/C13H14N2O3/c1-10-4-6-14(7-5-10)13-3-2-12(15(17)18)8-11(13)9-16/h2-4,8-9H,5-7H2,1H3. The Hall–Kier alpha value is -2.17. The number of hydrogen-bond acceptors (Lipinski definition) is 4. The highest BCUT2D eigenvalue weighted by atomic mass is 16.6. The molecule has 0 N–H and O–H groups in total. The predicted molar refractivity (Wildman–Crippen MR) is 69.1 cm³/mol. The summed E-state index contributed by atoms with van der Waals surface area (Å²) in [6, 6.07) is 4.41. The van der Waals surface area contributed by atoms with Gasteiger partial charge in [-0.1, -0.05) is 11.6 Å². The molecule has 2 rings (SSSR count). The van der Waals surface area contributed by atoms with Crippen LogP contribution in [0.2, 0.25) is 0 Å². The smallest absolute Gasteiger partial charge is 0.270 e. The van der Waals surface area contributed by atoms with Crippen molar-refractivity contribution in [3.8, 4) is 0 Å². The molecule has 5 nitrogen and oxygen atoms in total. The van der Waals surface area contributed by atoms with Crippen LogP contribution in [0.25, 0.3) is 0 Å². The molecule has 0 unspecified atom stereocenters. The maximum absolute atomic E-state index is 11.0. The lowest BCUT2D eigenvalue weighted by atomic mass is 10.1. The molecule has 18 heavy (non-hydrogen) atoms. The Morgan fingerprint density at radius 3 is 2.78 bits per heavy atom. The normalized spacial score (nSPS) is 15.2. The Bertz CT molecular complexity index is 523. The van der Waals surface area contributed by atoms with E-state index in [1.807, 2.05) is 0 Å². The number of nitro groups is 1. The number of carbonyl (C=O) groups is 1. The molecule has 0 spiro atoms. The molecule has 1 aromatic carbocycles. The van der Waals surface area contributed by atoms with Gasteiger partial charge in [0.15, 0.2) is 6.29 Å². The number of nitrogens with zero attached hydrogens (tertiary/aromatic N) is 2. The first-order chi connectivity index (χ1) is 8.61. The first-order valence-corrected chi connectivity index (χ1v) is 5.76. The molecule has 0 aliphatic carbocycles. The van der Waals surface area contributed by atoms with Crippen molar-refractivity contribution in [2.24, 2.45) is 0 Å². The van der Waals surface area contributed by atoms with E-state index >= 15 is 0 Å². The number of benzene rings is 1. The molecule has 1 aliphatic heterocycles. The van der Waals surface area contributed by atoms with E-state index in [1.165, 1.54) is 17.7 Å². The number of carbonyl (C=O) groups excluding carboxylic acids is 1. The molecule has 0 saturated carbocycles. The highest BCUT2D eigenvalue weighted by Gasteiger charge is 2.16. The average molecular weight is 246 g/mol. The molecule has 5 heteroatoms. The first kappa shape index (κ1) is 12.3. The lowest BCUT2D eigenvalue weighted by Gasteiger charge is -2.28. The Morgan fingerprint density at radius 1 is 1.44 bits per heavy atom. The van der Waals surface area contributed by atoms with Gasteiger partial charge >= 0.3 is 0 Å². The fourth-order valence-electron chi connectivity index (χ4n) is 2.03. The number of anilines is 1. The molecule has 1 aromatic rings. The second-order valence-corrected chi connectivity index (χ2v) is 4.36. The van der Waals surface area contributed by atoms with Crippen LogP contribution < -0.4 is 4.90 Å². The third-order valence-electron chi connectivity index (χ3n) is 3.13. The van der Waals surface area contributed by atoms with E-state index in [2.05, 4.69) is 17.9 Å². The van der Waals surface area contributed by atoms with Crippen molar-refractivity contribution in [2.75, 3.05) is 18.0 Å². The number of nitro benzene ring substituents is 1. The Morgan fingerprint density at radius 2 is 2.22 bits per heavy atom. The lowest BCUT2D eigenvalue weighted by Crippen LogP contribution is -2.29. The average Bonchev–Trinajstić information content (AvgIpc) is 2.39. The minimum Gasteiger partial charge on any atom is -0.367 e. The lowest BCUT2D eigenvalue weighted by molar-refractivity contribution is -0.384. The van der Waals surface area contributed by atoms with E-state index in [9.17, 15) is 14.9 Å². The van der Waals surface area contributed by atoms with Crippen molar-refractivity contribution < 1.29 is 9.72 Å². The maximum atomic E-state index is 11.0. The molecule has 0 atom stereocenters. The van der Waals surface area contributed by atoms with Crippen LogP contribution >= 0.6 is 0 Å². The first-order valence-electron chi connectivity index (χ1n) is 5.76. The Balaban J connectivity index is 2.33. The van der Waals surface area contributed by atoms with Gasteiger partial charge in [-0.3, -0.25) is 14.9 Å². The summed E-state index contributed by atoms with van der Waals surface area (Å²) in [5.41, 5.74) is 2.42. The minimum absolute atomic E-state index is 0.0513. The number of hydrogen-bond donors (Lipinski definition) is 0. The van der Waals surface area contributed by atoms with Crippen LogP contribution in [0.4, 0.5) is 11.4 Å². The van der Waals surface area contributed by atoms with Crippen LogP contribution in [-0.4, -0.2) is 24.3 Å². The molecule has 0 fully saturated rings. The highest BCUT2D eigenvalue weighted by molar-refractivity contribution is 5.86. The summed E-state index contributed by atoms with van der Waals surface area (Å²) < 4.78 is 0. The van der Waals surface area contributed by atoms with E-state index in [1.54, 1.807) is 6.07 Å². The van der Waals surface area contributed by atoms with Crippen molar-refractivity contribution in [2.45, 2.75) is 13.3 Å². The number of aldehydes is 1. The third-order valence-corrected chi connectivity index (χ3v) is 3.13.